The van der Waals surface area contributed by atoms with Crippen LogP contribution in [-0.2, 0) is 6.18 Å². The zero-order valence-corrected chi connectivity index (χ0v) is 13.6. The Morgan fingerprint density at radius 3 is 2.00 bits per heavy atom. The molecule has 26 heavy (non-hydrogen) atoms. The normalized spacial score (nSPS) is 15.3. The van der Waals surface area contributed by atoms with E-state index in [1.807, 2.05) is 4.90 Å². The molecule has 138 valence electrons. The lowest BCUT2D eigenvalue weighted by atomic mass is 10.1. The molecule has 0 atom stereocenters. The van der Waals surface area contributed by atoms with Crippen LogP contribution in [0.4, 0.5) is 27.6 Å². The number of hydrogen-bond acceptors (Lipinski definition) is 2. The fourth-order valence-corrected chi connectivity index (χ4v) is 2.84. The first-order valence-corrected chi connectivity index (χ1v) is 7.92. The van der Waals surface area contributed by atoms with Crippen LogP contribution in [0.5, 0.6) is 0 Å². The van der Waals surface area contributed by atoms with Crippen LogP contribution < -0.4 is 4.90 Å². The summed E-state index contributed by atoms with van der Waals surface area (Å²) in [5.41, 5.74) is -0.0156. The number of anilines is 1. The third kappa shape index (κ3) is 3.79. The maximum atomic E-state index is 13.3. The lowest BCUT2D eigenvalue weighted by Crippen LogP contribution is -2.48. The quantitative estimate of drug-likeness (QED) is 0.748. The maximum absolute atomic E-state index is 13.3. The van der Waals surface area contributed by atoms with E-state index in [4.69, 9.17) is 0 Å². The molecule has 1 aliphatic rings. The summed E-state index contributed by atoms with van der Waals surface area (Å²) in [7, 11) is 0. The van der Waals surface area contributed by atoms with Crippen LogP contribution in [0.15, 0.2) is 42.5 Å². The van der Waals surface area contributed by atoms with E-state index in [9.17, 15) is 26.7 Å². The molecule has 0 N–H and O–H groups in total. The van der Waals surface area contributed by atoms with Crippen molar-refractivity contribution < 1.29 is 26.7 Å². The summed E-state index contributed by atoms with van der Waals surface area (Å²) in [6.07, 6.45) is -4.38. The molecule has 1 heterocycles. The summed E-state index contributed by atoms with van der Waals surface area (Å²) in [5, 5.41) is 0. The SMILES string of the molecule is O=C(c1ccc(F)c(F)c1)N1CCN(c2ccc(C(F)(F)F)cc2)CC1. The molecule has 3 rings (SSSR count). The molecule has 2 aromatic carbocycles. The second kappa shape index (κ2) is 6.93. The van der Waals surface area contributed by atoms with E-state index in [2.05, 4.69) is 0 Å². The Labute approximate surface area is 146 Å². The number of carbonyl (C=O) groups excluding carboxylic acids is 1. The molecular weight excluding hydrogens is 355 g/mol. The zero-order chi connectivity index (χ0) is 18.9. The minimum Gasteiger partial charge on any atom is -0.368 e. The Bertz CT molecular complexity index is 796. The van der Waals surface area contributed by atoms with E-state index in [1.165, 1.54) is 23.1 Å². The molecule has 0 aliphatic carbocycles. The second-order valence-electron chi connectivity index (χ2n) is 5.95. The molecule has 1 fully saturated rings. The van der Waals surface area contributed by atoms with Gasteiger partial charge in [-0.15, -0.1) is 0 Å². The Morgan fingerprint density at radius 2 is 1.46 bits per heavy atom. The average Bonchev–Trinajstić information content (AvgIpc) is 2.63. The van der Waals surface area contributed by atoms with Gasteiger partial charge in [-0.3, -0.25) is 4.79 Å². The first-order valence-electron chi connectivity index (χ1n) is 7.92. The summed E-state index contributed by atoms with van der Waals surface area (Å²) >= 11 is 0. The Balaban J connectivity index is 1.63. The van der Waals surface area contributed by atoms with Gasteiger partial charge < -0.3 is 9.80 Å². The van der Waals surface area contributed by atoms with Gasteiger partial charge in [0.2, 0.25) is 0 Å². The van der Waals surface area contributed by atoms with Crippen molar-refractivity contribution in [2.45, 2.75) is 6.18 Å². The van der Waals surface area contributed by atoms with Gasteiger partial charge in [-0.2, -0.15) is 13.2 Å². The van der Waals surface area contributed by atoms with Crippen LogP contribution in [0.25, 0.3) is 0 Å². The van der Waals surface area contributed by atoms with Crippen LogP contribution in [-0.4, -0.2) is 37.0 Å². The minimum atomic E-state index is -4.38. The van der Waals surface area contributed by atoms with Gasteiger partial charge in [0.15, 0.2) is 11.6 Å². The predicted molar refractivity (Wildman–Crippen MR) is 85.9 cm³/mol. The van der Waals surface area contributed by atoms with Gasteiger partial charge in [0.05, 0.1) is 5.56 Å². The van der Waals surface area contributed by atoms with Crippen molar-refractivity contribution in [3.05, 3.63) is 65.2 Å². The smallest absolute Gasteiger partial charge is 0.368 e. The third-order valence-electron chi connectivity index (χ3n) is 4.29. The highest BCUT2D eigenvalue weighted by Gasteiger charge is 2.30. The summed E-state index contributed by atoms with van der Waals surface area (Å²) in [5.74, 6) is -2.51. The van der Waals surface area contributed by atoms with E-state index < -0.39 is 29.3 Å². The van der Waals surface area contributed by atoms with Crippen molar-refractivity contribution in [3.8, 4) is 0 Å². The lowest BCUT2D eigenvalue weighted by Gasteiger charge is -2.36. The predicted octanol–water partition coefficient (Wildman–Crippen LogP) is 3.95. The molecule has 1 saturated heterocycles. The van der Waals surface area contributed by atoms with Gasteiger partial charge >= 0.3 is 6.18 Å². The fourth-order valence-electron chi connectivity index (χ4n) is 2.84. The molecular formula is C18H15F5N2O. The second-order valence-corrected chi connectivity index (χ2v) is 5.95. The van der Waals surface area contributed by atoms with Crippen LogP contribution in [0.2, 0.25) is 0 Å². The van der Waals surface area contributed by atoms with E-state index in [1.54, 1.807) is 0 Å². The van der Waals surface area contributed by atoms with E-state index in [0.717, 1.165) is 24.3 Å². The molecule has 0 unspecified atom stereocenters. The highest BCUT2D eigenvalue weighted by molar-refractivity contribution is 5.94. The molecule has 2 aromatic rings. The molecule has 1 amide bonds. The molecule has 0 saturated carbocycles. The maximum Gasteiger partial charge on any atom is 0.416 e. The number of amides is 1. The highest BCUT2D eigenvalue weighted by atomic mass is 19.4. The molecule has 3 nitrogen and oxygen atoms in total. The molecule has 0 bridgehead atoms. The first-order chi connectivity index (χ1) is 12.3. The van der Waals surface area contributed by atoms with Crippen LogP contribution in [0, 0.1) is 11.6 Å². The van der Waals surface area contributed by atoms with E-state index in [0.29, 0.717) is 31.9 Å². The summed E-state index contributed by atoms with van der Waals surface area (Å²) in [4.78, 5) is 15.7. The number of piperazine rings is 1. The van der Waals surface area contributed by atoms with Gasteiger partial charge in [-0.05, 0) is 42.5 Å². The summed E-state index contributed by atoms with van der Waals surface area (Å²) < 4.78 is 64.1. The monoisotopic (exact) mass is 370 g/mol. The van der Waals surface area contributed by atoms with Gasteiger partial charge in [-0.1, -0.05) is 0 Å². The van der Waals surface area contributed by atoms with Crippen molar-refractivity contribution in [1.29, 1.82) is 0 Å². The van der Waals surface area contributed by atoms with E-state index in [-0.39, 0.29) is 5.56 Å². The summed E-state index contributed by atoms with van der Waals surface area (Å²) in [6.45, 7) is 1.53. The number of alkyl halides is 3. The molecule has 0 spiro atoms. The highest BCUT2D eigenvalue weighted by Crippen LogP contribution is 2.30. The van der Waals surface area contributed by atoms with Crippen LogP contribution >= 0.6 is 0 Å². The number of hydrogen-bond donors (Lipinski definition) is 0. The number of halogens is 5. The molecule has 1 aliphatic heterocycles. The topological polar surface area (TPSA) is 23.6 Å². The van der Waals surface area contributed by atoms with Gasteiger partial charge in [0, 0.05) is 37.4 Å². The standard InChI is InChI=1S/C18H15F5N2O/c19-15-6-1-12(11-16(15)20)17(26)25-9-7-24(8-10-25)14-4-2-13(3-5-14)18(21,22)23/h1-6,11H,7-10H2. The molecule has 8 heteroatoms. The third-order valence-corrected chi connectivity index (χ3v) is 4.29. The number of nitrogens with zero attached hydrogens (tertiary/aromatic N) is 2. The minimum absolute atomic E-state index is 0.0619. The Hall–Kier alpha value is -2.64. The van der Waals surface area contributed by atoms with Crippen molar-refractivity contribution in [1.82, 2.24) is 4.90 Å². The number of carbonyl (C=O) groups is 1. The lowest BCUT2D eigenvalue weighted by molar-refractivity contribution is -0.137. The average molecular weight is 370 g/mol. The van der Waals surface area contributed by atoms with Crippen LogP contribution in [0.1, 0.15) is 15.9 Å². The van der Waals surface area contributed by atoms with Crippen molar-refractivity contribution in [2.75, 3.05) is 31.1 Å². The fraction of sp³-hybridized carbons (Fsp3) is 0.278. The largest absolute Gasteiger partial charge is 0.416 e. The van der Waals surface area contributed by atoms with Crippen LogP contribution in [0.3, 0.4) is 0 Å². The van der Waals surface area contributed by atoms with Gasteiger partial charge in [-0.25, -0.2) is 8.78 Å². The Morgan fingerprint density at radius 1 is 0.846 bits per heavy atom. The van der Waals surface area contributed by atoms with Crippen molar-refractivity contribution in [3.63, 3.8) is 0 Å². The van der Waals surface area contributed by atoms with Crippen molar-refractivity contribution >= 4 is 11.6 Å². The molecule has 0 aromatic heterocycles. The van der Waals surface area contributed by atoms with Gasteiger partial charge in [0.25, 0.3) is 5.91 Å². The zero-order valence-electron chi connectivity index (χ0n) is 13.6. The number of benzene rings is 2. The Kier molecular flexibility index (Phi) is 4.84. The first kappa shape index (κ1) is 18.2. The van der Waals surface area contributed by atoms with Crippen molar-refractivity contribution in [2.24, 2.45) is 0 Å². The molecule has 0 radical (unpaired) electrons. The number of rotatable bonds is 2. The summed E-state index contributed by atoms with van der Waals surface area (Å²) in [6, 6.07) is 7.83. The van der Waals surface area contributed by atoms with E-state index >= 15 is 0 Å². The van der Waals surface area contributed by atoms with Gasteiger partial charge in [0.1, 0.15) is 0 Å².